The van der Waals surface area contributed by atoms with Gasteiger partial charge in [0.1, 0.15) is 5.82 Å². The van der Waals surface area contributed by atoms with E-state index in [4.69, 9.17) is 17.2 Å². The number of aromatic amines is 1. The van der Waals surface area contributed by atoms with Crippen LogP contribution in [-0.4, -0.2) is 32.6 Å². The number of halogens is 1. The van der Waals surface area contributed by atoms with Gasteiger partial charge in [0.05, 0.1) is 0 Å². The Labute approximate surface area is 237 Å². The first-order valence-electron chi connectivity index (χ1n) is 12.8. The molecule has 202 valence electrons. The summed E-state index contributed by atoms with van der Waals surface area (Å²) in [7, 11) is 0. The average Bonchev–Trinajstić information content (AvgIpc) is 3.31. The highest BCUT2D eigenvalue weighted by Crippen LogP contribution is 2.20. The molecule has 0 saturated carbocycles. The Hall–Kier alpha value is -4.83. The van der Waals surface area contributed by atoms with Gasteiger partial charge in [0.2, 0.25) is 11.9 Å². The summed E-state index contributed by atoms with van der Waals surface area (Å²) in [5.74, 6) is 0.543. The van der Waals surface area contributed by atoms with Crippen molar-refractivity contribution in [2.75, 3.05) is 22.5 Å². The van der Waals surface area contributed by atoms with Crippen LogP contribution in [0.2, 0.25) is 0 Å². The third-order valence-electron chi connectivity index (χ3n) is 6.03. The van der Waals surface area contributed by atoms with E-state index < -0.39 is 0 Å². The number of aromatic nitrogens is 3. The highest BCUT2D eigenvalue weighted by Gasteiger charge is 2.09. The molecule has 5 N–H and O–H groups in total. The highest BCUT2D eigenvalue weighted by molar-refractivity contribution is 7.80. The number of nitrogens with zero attached hydrogens (tertiary/aromatic N) is 3. The Kier molecular flexibility index (Phi) is 8.26. The van der Waals surface area contributed by atoms with Crippen LogP contribution in [0.5, 0.6) is 0 Å². The number of fused-ring (bicyclic) bond motifs is 1. The van der Waals surface area contributed by atoms with Gasteiger partial charge in [-0.1, -0.05) is 18.2 Å². The van der Waals surface area contributed by atoms with E-state index in [2.05, 4.69) is 36.2 Å². The standard InChI is InChI=1S/C30H29FN8S/c1-19-16-20(2)35-29(34-19)38-28(32-15-14-21-18-33-27-13-8-22(31)17-26(21)27)39-30(40)37-25-11-9-24(10-12-25)36-23-6-4-3-5-7-23/h3-13,16-18,33,36H,14-15H2,1-2H3,(H3,32,34,35,37,38,39,40). The lowest BCUT2D eigenvalue weighted by Gasteiger charge is -2.15. The number of hydrogen-bond acceptors (Lipinski definition) is 5. The van der Waals surface area contributed by atoms with E-state index in [0.29, 0.717) is 30.0 Å². The molecular formula is C30H29FN8S. The molecule has 0 aliphatic heterocycles. The Balaban J connectivity index is 1.27. The molecule has 3 aromatic carbocycles. The number of hydrogen-bond donors (Lipinski definition) is 5. The van der Waals surface area contributed by atoms with Crippen molar-refractivity contribution >= 4 is 57.2 Å². The fraction of sp³-hybridized carbons (Fsp3) is 0.133. The molecular weight excluding hydrogens is 523 g/mol. The first-order valence-corrected chi connectivity index (χ1v) is 13.2. The first-order chi connectivity index (χ1) is 19.4. The summed E-state index contributed by atoms with van der Waals surface area (Å²) >= 11 is 5.58. The molecule has 0 atom stereocenters. The third kappa shape index (κ3) is 7.17. The number of benzene rings is 3. The van der Waals surface area contributed by atoms with Crippen molar-refractivity contribution in [2.45, 2.75) is 20.3 Å². The van der Waals surface area contributed by atoms with Gasteiger partial charge in [0.15, 0.2) is 5.11 Å². The maximum absolute atomic E-state index is 13.8. The molecule has 0 spiro atoms. The highest BCUT2D eigenvalue weighted by atomic mass is 32.1. The van der Waals surface area contributed by atoms with Crippen LogP contribution in [0.1, 0.15) is 17.0 Å². The number of nitrogens with one attached hydrogen (secondary N) is 5. The van der Waals surface area contributed by atoms with Crippen molar-refractivity contribution in [2.24, 2.45) is 4.99 Å². The van der Waals surface area contributed by atoms with E-state index in [1.165, 1.54) is 12.1 Å². The summed E-state index contributed by atoms with van der Waals surface area (Å²) in [5.41, 5.74) is 6.32. The number of aryl methyl sites for hydroxylation is 2. The van der Waals surface area contributed by atoms with Gasteiger partial charge in [-0.25, -0.2) is 14.4 Å². The maximum atomic E-state index is 13.8. The molecule has 0 amide bonds. The number of para-hydroxylation sites is 1. The van der Waals surface area contributed by atoms with Gasteiger partial charge < -0.3 is 20.9 Å². The van der Waals surface area contributed by atoms with E-state index in [-0.39, 0.29) is 5.82 Å². The van der Waals surface area contributed by atoms with E-state index in [1.807, 2.05) is 80.7 Å². The van der Waals surface area contributed by atoms with E-state index in [1.54, 1.807) is 6.07 Å². The zero-order valence-corrected chi connectivity index (χ0v) is 22.9. The molecule has 10 heteroatoms. The zero-order valence-electron chi connectivity index (χ0n) is 22.1. The number of H-pyrrole nitrogens is 1. The number of aliphatic imine (C=N–C) groups is 1. The number of thiocarbonyl (C=S) groups is 1. The molecule has 0 radical (unpaired) electrons. The number of anilines is 4. The lowest BCUT2D eigenvalue weighted by atomic mass is 10.1. The minimum Gasteiger partial charge on any atom is -0.361 e. The molecule has 0 aliphatic rings. The van der Waals surface area contributed by atoms with Crippen molar-refractivity contribution in [3.05, 3.63) is 108 Å². The molecule has 5 rings (SSSR count). The van der Waals surface area contributed by atoms with Crippen LogP contribution in [0.25, 0.3) is 10.9 Å². The number of guanidine groups is 1. The predicted octanol–water partition coefficient (Wildman–Crippen LogP) is 6.45. The molecule has 40 heavy (non-hydrogen) atoms. The molecule has 0 saturated heterocycles. The van der Waals surface area contributed by atoms with Crippen molar-refractivity contribution in [3.8, 4) is 0 Å². The fourth-order valence-corrected chi connectivity index (χ4v) is 4.45. The van der Waals surface area contributed by atoms with Crippen molar-refractivity contribution < 1.29 is 4.39 Å². The van der Waals surface area contributed by atoms with Crippen LogP contribution in [0.4, 0.5) is 27.4 Å². The second-order valence-electron chi connectivity index (χ2n) is 9.23. The van der Waals surface area contributed by atoms with Gasteiger partial charge in [0, 0.05) is 52.1 Å². The third-order valence-corrected chi connectivity index (χ3v) is 6.23. The summed E-state index contributed by atoms with van der Waals surface area (Å²) in [6, 6.07) is 24.4. The Morgan fingerprint density at radius 2 is 1.57 bits per heavy atom. The topological polar surface area (TPSA) is 102 Å². The molecule has 0 fully saturated rings. The Morgan fingerprint density at radius 1 is 0.875 bits per heavy atom. The molecule has 8 nitrogen and oxygen atoms in total. The zero-order chi connectivity index (χ0) is 27.9. The summed E-state index contributed by atoms with van der Waals surface area (Å²) < 4.78 is 13.8. The van der Waals surface area contributed by atoms with E-state index in [9.17, 15) is 4.39 Å². The monoisotopic (exact) mass is 552 g/mol. The van der Waals surface area contributed by atoms with Gasteiger partial charge in [0.25, 0.3) is 0 Å². The van der Waals surface area contributed by atoms with Crippen molar-refractivity contribution in [1.29, 1.82) is 0 Å². The summed E-state index contributed by atoms with van der Waals surface area (Å²) in [6.45, 7) is 4.23. The summed E-state index contributed by atoms with van der Waals surface area (Å²) in [6.07, 6.45) is 2.48. The SMILES string of the molecule is Cc1cc(C)nc(NC(=NCCc2c[nH]c3ccc(F)cc23)NC(=S)Nc2ccc(Nc3ccccc3)cc2)n1. The van der Waals surface area contributed by atoms with E-state index in [0.717, 1.165) is 44.9 Å². The predicted molar refractivity (Wildman–Crippen MR) is 165 cm³/mol. The second-order valence-corrected chi connectivity index (χ2v) is 9.64. The first kappa shape index (κ1) is 26.8. The minimum absolute atomic E-state index is 0.270. The van der Waals surface area contributed by atoms with Gasteiger partial charge in [-0.3, -0.25) is 10.3 Å². The Bertz CT molecular complexity index is 1630. The van der Waals surface area contributed by atoms with Crippen molar-refractivity contribution in [3.63, 3.8) is 0 Å². The quantitative estimate of drug-likeness (QED) is 0.0898. The van der Waals surface area contributed by atoms with Crippen LogP contribution in [0.15, 0.2) is 90.1 Å². The minimum atomic E-state index is -0.270. The fourth-order valence-electron chi connectivity index (χ4n) is 4.24. The molecule has 2 heterocycles. The van der Waals surface area contributed by atoms with Gasteiger partial charge in [-0.2, -0.15) is 0 Å². The lowest BCUT2D eigenvalue weighted by molar-refractivity contribution is 0.629. The van der Waals surface area contributed by atoms with Gasteiger partial charge >= 0.3 is 0 Å². The molecule has 2 aromatic heterocycles. The smallest absolute Gasteiger partial charge is 0.229 e. The van der Waals surface area contributed by atoms with Crippen LogP contribution in [0.3, 0.4) is 0 Å². The Morgan fingerprint density at radius 3 is 2.33 bits per heavy atom. The van der Waals surface area contributed by atoms with Crippen LogP contribution in [-0.2, 0) is 6.42 Å². The van der Waals surface area contributed by atoms with Crippen LogP contribution in [0, 0.1) is 19.7 Å². The maximum Gasteiger partial charge on any atom is 0.229 e. The van der Waals surface area contributed by atoms with Crippen LogP contribution < -0.4 is 21.3 Å². The average molecular weight is 553 g/mol. The molecule has 0 aliphatic carbocycles. The molecule has 5 aromatic rings. The molecule has 0 bridgehead atoms. The lowest BCUT2D eigenvalue weighted by Crippen LogP contribution is -2.39. The van der Waals surface area contributed by atoms with Gasteiger partial charge in [-0.15, -0.1) is 0 Å². The largest absolute Gasteiger partial charge is 0.361 e. The number of rotatable bonds is 7. The van der Waals surface area contributed by atoms with Crippen molar-refractivity contribution in [1.82, 2.24) is 20.3 Å². The van der Waals surface area contributed by atoms with Crippen LogP contribution >= 0.6 is 12.2 Å². The summed E-state index contributed by atoms with van der Waals surface area (Å²) in [4.78, 5) is 16.8. The molecule has 0 unspecified atom stereocenters. The second kappa shape index (κ2) is 12.4. The van der Waals surface area contributed by atoms with Gasteiger partial charge in [-0.05, 0) is 98.7 Å². The normalized spacial score (nSPS) is 11.3. The van der Waals surface area contributed by atoms with E-state index >= 15 is 0 Å². The summed E-state index contributed by atoms with van der Waals surface area (Å²) in [5, 5.41) is 14.0.